The van der Waals surface area contributed by atoms with Crippen LogP contribution in [0.5, 0.6) is 0 Å². The van der Waals surface area contributed by atoms with Gasteiger partial charge in [0.2, 0.25) is 5.12 Å². The molecule has 1 aromatic rings. The molecule has 0 radical (unpaired) electrons. The van der Waals surface area contributed by atoms with Crippen molar-refractivity contribution in [3.05, 3.63) is 70.3 Å². The quantitative estimate of drug-likeness (QED) is 0.389. The molecular weight excluding hydrogens is 312 g/mol. The van der Waals surface area contributed by atoms with E-state index in [2.05, 4.69) is 58.6 Å². The standard InChI is InChI=1S/C22H30OS/c1-17(2)7-5-8-18(3)9-6-10-19(4)11-12-20-13-15-21(16-14-20)22(23)24/h7,9,11,13-16H,5-6,8,10,12H2,1-4H3,(H,23,24). The molecule has 130 valence electrons. The Hall–Kier alpha value is -1.54. The molecule has 0 spiro atoms. The minimum absolute atomic E-state index is 0.181. The first-order chi connectivity index (χ1) is 11.4. The zero-order valence-electron chi connectivity index (χ0n) is 15.4. The average Bonchev–Trinajstić information content (AvgIpc) is 2.53. The molecule has 1 aromatic carbocycles. The average molecular weight is 343 g/mol. The number of rotatable bonds is 9. The highest BCUT2D eigenvalue weighted by molar-refractivity contribution is 7.97. The Labute approximate surface area is 153 Å². The van der Waals surface area contributed by atoms with E-state index in [-0.39, 0.29) is 5.12 Å². The van der Waals surface area contributed by atoms with E-state index in [4.69, 9.17) is 0 Å². The Morgan fingerprint density at radius 3 is 1.96 bits per heavy atom. The highest BCUT2D eigenvalue weighted by atomic mass is 32.1. The number of allylic oxidation sites excluding steroid dienone is 6. The van der Waals surface area contributed by atoms with Crippen LogP contribution in [0.4, 0.5) is 0 Å². The van der Waals surface area contributed by atoms with Gasteiger partial charge in [-0.15, -0.1) is 12.6 Å². The Bertz CT molecular complexity index is 614. The zero-order valence-corrected chi connectivity index (χ0v) is 16.3. The summed E-state index contributed by atoms with van der Waals surface area (Å²) in [6, 6.07) is 7.68. The van der Waals surface area contributed by atoms with Crippen LogP contribution in [0.15, 0.2) is 59.2 Å². The van der Waals surface area contributed by atoms with Gasteiger partial charge in [-0.3, -0.25) is 4.79 Å². The fourth-order valence-corrected chi connectivity index (χ4v) is 2.56. The third kappa shape index (κ3) is 8.93. The number of hydrogen-bond donors (Lipinski definition) is 1. The number of thiol groups is 1. The molecule has 0 N–H and O–H groups in total. The largest absolute Gasteiger partial charge is 0.282 e. The molecule has 0 heterocycles. The van der Waals surface area contributed by atoms with Crippen molar-refractivity contribution in [2.75, 3.05) is 0 Å². The molecule has 0 bridgehead atoms. The first kappa shape index (κ1) is 20.5. The Morgan fingerprint density at radius 1 is 0.875 bits per heavy atom. The van der Waals surface area contributed by atoms with Crippen LogP contribution in [-0.2, 0) is 6.42 Å². The second-order valence-corrected chi connectivity index (χ2v) is 7.07. The van der Waals surface area contributed by atoms with Crippen molar-refractivity contribution in [2.45, 2.75) is 59.8 Å². The Balaban J connectivity index is 2.38. The SMILES string of the molecule is CC(C)=CCCC(C)=CCCC(C)=CCc1ccc(C(=O)S)cc1. The third-order valence-electron chi connectivity index (χ3n) is 4.01. The molecule has 0 aromatic heterocycles. The van der Waals surface area contributed by atoms with Gasteiger partial charge < -0.3 is 0 Å². The maximum Gasteiger partial charge on any atom is 0.216 e. The van der Waals surface area contributed by atoms with Crippen molar-refractivity contribution in [2.24, 2.45) is 0 Å². The fourth-order valence-electron chi connectivity index (χ4n) is 2.41. The summed E-state index contributed by atoms with van der Waals surface area (Å²) in [5.74, 6) is 0. The van der Waals surface area contributed by atoms with E-state index in [0.717, 1.165) is 32.1 Å². The summed E-state index contributed by atoms with van der Waals surface area (Å²) in [6.45, 7) is 8.72. The number of carbonyl (C=O) groups is 1. The van der Waals surface area contributed by atoms with Crippen molar-refractivity contribution in [1.82, 2.24) is 0 Å². The van der Waals surface area contributed by atoms with Crippen molar-refractivity contribution in [3.8, 4) is 0 Å². The number of benzene rings is 1. The summed E-state index contributed by atoms with van der Waals surface area (Å²) >= 11 is 3.83. The normalized spacial score (nSPS) is 12.2. The van der Waals surface area contributed by atoms with E-state index in [9.17, 15) is 4.79 Å². The molecule has 1 nitrogen and oxygen atoms in total. The lowest BCUT2D eigenvalue weighted by Crippen LogP contribution is -1.90. The van der Waals surface area contributed by atoms with E-state index in [1.165, 1.54) is 22.3 Å². The third-order valence-corrected chi connectivity index (χ3v) is 4.27. The molecule has 0 unspecified atom stereocenters. The van der Waals surface area contributed by atoms with Gasteiger partial charge in [0, 0.05) is 5.56 Å². The minimum atomic E-state index is -0.181. The number of carbonyl (C=O) groups excluding carboxylic acids is 1. The molecule has 0 amide bonds. The highest BCUT2D eigenvalue weighted by Gasteiger charge is 1.99. The van der Waals surface area contributed by atoms with Gasteiger partial charge in [0.1, 0.15) is 0 Å². The van der Waals surface area contributed by atoms with E-state index < -0.39 is 0 Å². The molecule has 0 aliphatic rings. The summed E-state index contributed by atoms with van der Waals surface area (Å²) in [5.41, 5.74) is 6.16. The second-order valence-electron chi connectivity index (χ2n) is 6.67. The predicted molar refractivity (Wildman–Crippen MR) is 109 cm³/mol. The molecule has 0 aliphatic heterocycles. The van der Waals surface area contributed by atoms with Crippen LogP contribution < -0.4 is 0 Å². The maximum absolute atomic E-state index is 11.1. The van der Waals surface area contributed by atoms with Gasteiger partial charge >= 0.3 is 0 Å². The first-order valence-electron chi connectivity index (χ1n) is 8.65. The van der Waals surface area contributed by atoms with Crippen molar-refractivity contribution in [1.29, 1.82) is 0 Å². The van der Waals surface area contributed by atoms with Crippen LogP contribution in [-0.4, -0.2) is 5.12 Å². The first-order valence-corrected chi connectivity index (χ1v) is 9.10. The van der Waals surface area contributed by atoms with Crippen molar-refractivity contribution < 1.29 is 4.79 Å². The zero-order chi connectivity index (χ0) is 17.9. The Kier molecular flexibility index (Phi) is 9.48. The fraction of sp³-hybridized carbons (Fsp3) is 0.409. The lowest BCUT2D eigenvalue weighted by molar-refractivity contribution is 0.109. The van der Waals surface area contributed by atoms with E-state index in [1.54, 1.807) is 0 Å². The highest BCUT2D eigenvalue weighted by Crippen LogP contribution is 2.13. The van der Waals surface area contributed by atoms with Crippen LogP contribution >= 0.6 is 12.6 Å². The van der Waals surface area contributed by atoms with Crippen LogP contribution in [0, 0.1) is 0 Å². The van der Waals surface area contributed by atoms with E-state index in [0.29, 0.717) is 5.56 Å². The summed E-state index contributed by atoms with van der Waals surface area (Å²) in [6.07, 6.45) is 12.4. The van der Waals surface area contributed by atoms with Gasteiger partial charge in [-0.2, -0.15) is 0 Å². The van der Waals surface area contributed by atoms with Gasteiger partial charge in [0.05, 0.1) is 0 Å². The van der Waals surface area contributed by atoms with Crippen LogP contribution in [0.3, 0.4) is 0 Å². The lowest BCUT2D eigenvalue weighted by atomic mass is 10.0. The summed E-state index contributed by atoms with van der Waals surface area (Å²) < 4.78 is 0. The molecule has 0 saturated heterocycles. The summed E-state index contributed by atoms with van der Waals surface area (Å²) in [4.78, 5) is 11.1. The molecule has 24 heavy (non-hydrogen) atoms. The van der Waals surface area contributed by atoms with E-state index >= 15 is 0 Å². The summed E-state index contributed by atoms with van der Waals surface area (Å²) in [7, 11) is 0. The molecule has 2 heteroatoms. The minimum Gasteiger partial charge on any atom is -0.282 e. The lowest BCUT2D eigenvalue weighted by Gasteiger charge is -2.03. The molecule has 1 rings (SSSR count). The molecule has 0 aliphatic carbocycles. The molecule has 0 atom stereocenters. The monoisotopic (exact) mass is 342 g/mol. The summed E-state index contributed by atoms with van der Waals surface area (Å²) in [5, 5.41) is -0.181. The van der Waals surface area contributed by atoms with Crippen molar-refractivity contribution in [3.63, 3.8) is 0 Å². The van der Waals surface area contributed by atoms with Gasteiger partial charge in [0.25, 0.3) is 0 Å². The maximum atomic E-state index is 11.1. The van der Waals surface area contributed by atoms with Crippen LogP contribution in [0.1, 0.15) is 69.3 Å². The second kappa shape index (κ2) is 11.1. The topological polar surface area (TPSA) is 17.1 Å². The van der Waals surface area contributed by atoms with Crippen LogP contribution in [0.25, 0.3) is 0 Å². The Morgan fingerprint density at radius 2 is 1.42 bits per heavy atom. The van der Waals surface area contributed by atoms with E-state index in [1.807, 2.05) is 24.3 Å². The van der Waals surface area contributed by atoms with Gasteiger partial charge in [-0.1, -0.05) is 59.2 Å². The van der Waals surface area contributed by atoms with Gasteiger partial charge in [-0.25, -0.2) is 0 Å². The number of hydrogen-bond acceptors (Lipinski definition) is 1. The predicted octanol–water partition coefficient (Wildman–Crippen LogP) is 6.72. The molecule has 0 saturated carbocycles. The van der Waals surface area contributed by atoms with Gasteiger partial charge in [-0.05, 0) is 65.4 Å². The van der Waals surface area contributed by atoms with Crippen molar-refractivity contribution >= 4 is 17.7 Å². The van der Waals surface area contributed by atoms with Gasteiger partial charge in [0.15, 0.2) is 0 Å². The van der Waals surface area contributed by atoms with Crippen LogP contribution in [0.2, 0.25) is 0 Å². The smallest absolute Gasteiger partial charge is 0.216 e. The molecular formula is C22H30OS. The molecule has 0 fully saturated rings.